The molecule has 3 rings (SSSR count). The fraction of sp³-hybridized carbons (Fsp3) is 0.263. The zero-order valence-corrected chi connectivity index (χ0v) is 14.4. The first-order chi connectivity index (χ1) is 13.2. The van der Waals surface area contributed by atoms with Gasteiger partial charge >= 0.3 is 12.3 Å². The van der Waals surface area contributed by atoms with Crippen molar-refractivity contribution in [3.05, 3.63) is 54.1 Å². The number of ether oxygens (including phenoxy) is 2. The molecular formula is C19H16F3NO5. The maximum Gasteiger partial charge on any atom is 0.573 e. The van der Waals surface area contributed by atoms with Crippen LogP contribution in [0.5, 0.6) is 11.5 Å². The minimum absolute atomic E-state index is 0.296. The number of nitrogens with one attached hydrogen (secondary N) is 1. The maximum atomic E-state index is 12.5. The normalized spacial score (nSPS) is 18.2. The van der Waals surface area contributed by atoms with Gasteiger partial charge in [0.15, 0.2) is 6.61 Å². The van der Waals surface area contributed by atoms with Crippen molar-refractivity contribution in [3.63, 3.8) is 0 Å². The molecule has 2 aromatic rings. The van der Waals surface area contributed by atoms with Gasteiger partial charge in [-0.1, -0.05) is 18.2 Å². The molecule has 2 atom stereocenters. The van der Waals surface area contributed by atoms with Gasteiger partial charge in [0.2, 0.25) is 5.91 Å². The number of hydrogen-bond acceptors (Lipinski definition) is 4. The molecule has 0 radical (unpaired) electrons. The van der Waals surface area contributed by atoms with Gasteiger partial charge in [-0.05, 0) is 48.2 Å². The Morgan fingerprint density at radius 2 is 1.79 bits per heavy atom. The molecule has 1 aliphatic carbocycles. The average molecular weight is 395 g/mol. The Kier molecular flexibility index (Phi) is 5.43. The Morgan fingerprint density at radius 1 is 1.11 bits per heavy atom. The van der Waals surface area contributed by atoms with Gasteiger partial charge in [-0.15, -0.1) is 13.2 Å². The fourth-order valence-electron chi connectivity index (χ4n) is 2.85. The SMILES string of the molecule is O=C(O)COc1ccc(NC(=O)C2CC2c2ccccc2OC(F)(F)F)cc1. The van der Waals surface area contributed by atoms with E-state index in [0.717, 1.165) is 0 Å². The van der Waals surface area contributed by atoms with Crippen molar-refractivity contribution in [1.82, 2.24) is 0 Å². The van der Waals surface area contributed by atoms with Gasteiger partial charge in [0.25, 0.3) is 0 Å². The van der Waals surface area contributed by atoms with Crippen LogP contribution in [0.3, 0.4) is 0 Å². The number of carboxylic acid groups (broad SMARTS) is 1. The van der Waals surface area contributed by atoms with Crippen LogP contribution in [0.15, 0.2) is 48.5 Å². The molecule has 0 spiro atoms. The van der Waals surface area contributed by atoms with Crippen LogP contribution in [-0.4, -0.2) is 30.0 Å². The second-order valence-corrected chi connectivity index (χ2v) is 6.23. The molecule has 1 amide bonds. The predicted octanol–water partition coefficient (Wildman–Crippen LogP) is 3.79. The summed E-state index contributed by atoms with van der Waals surface area (Å²) in [5, 5.41) is 11.3. The number of para-hydroxylation sites is 1. The molecule has 0 aliphatic heterocycles. The topological polar surface area (TPSA) is 84.9 Å². The number of aliphatic carboxylic acids is 1. The van der Waals surface area contributed by atoms with Crippen LogP contribution in [0, 0.1) is 5.92 Å². The van der Waals surface area contributed by atoms with E-state index in [-0.39, 0.29) is 17.6 Å². The minimum Gasteiger partial charge on any atom is -0.482 e. The number of carbonyl (C=O) groups excluding carboxylic acids is 1. The monoisotopic (exact) mass is 395 g/mol. The van der Waals surface area contributed by atoms with Crippen LogP contribution in [0.1, 0.15) is 17.9 Å². The maximum absolute atomic E-state index is 12.5. The van der Waals surface area contributed by atoms with E-state index in [1.807, 2.05) is 0 Å². The van der Waals surface area contributed by atoms with Crippen molar-refractivity contribution in [2.75, 3.05) is 11.9 Å². The Morgan fingerprint density at radius 3 is 2.43 bits per heavy atom. The van der Waals surface area contributed by atoms with Gasteiger partial charge in [0.1, 0.15) is 11.5 Å². The smallest absolute Gasteiger partial charge is 0.482 e. The molecule has 0 heterocycles. The van der Waals surface area contributed by atoms with Crippen molar-refractivity contribution < 1.29 is 37.3 Å². The van der Waals surface area contributed by atoms with Crippen molar-refractivity contribution in [2.24, 2.45) is 5.92 Å². The van der Waals surface area contributed by atoms with Crippen LogP contribution in [-0.2, 0) is 9.59 Å². The molecule has 0 saturated heterocycles. The van der Waals surface area contributed by atoms with Gasteiger partial charge in [0, 0.05) is 11.6 Å². The first kappa shape index (κ1) is 19.5. The average Bonchev–Trinajstić information content (AvgIpc) is 3.41. The summed E-state index contributed by atoms with van der Waals surface area (Å²) in [5.74, 6) is -2.19. The highest BCUT2D eigenvalue weighted by Crippen LogP contribution is 2.51. The number of anilines is 1. The number of rotatable bonds is 7. The number of amides is 1. The Balaban J connectivity index is 1.60. The fourth-order valence-corrected chi connectivity index (χ4v) is 2.85. The van der Waals surface area contributed by atoms with Crippen LogP contribution in [0.4, 0.5) is 18.9 Å². The van der Waals surface area contributed by atoms with E-state index in [0.29, 0.717) is 23.4 Å². The van der Waals surface area contributed by atoms with Crippen molar-refractivity contribution in [1.29, 1.82) is 0 Å². The molecule has 1 fully saturated rings. The summed E-state index contributed by atoms with van der Waals surface area (Å²) >= 11 is 0. The molecule has 148 valence electrons. The summed E-state index contributed by atoms with van der Waals surface area (Å²) in [6, 6.07) is 11.9. The lowest BCUT2D eigenvalue weighted by Crippen LogP contribution is -2.18. The Hall–Kier alpha value is -3.23. The summed E-state index contributed by atoms with van der Waals surface area (Å²) in [4.78, 5) is 22.8. The predicted molar refractivity (Wildman–Crippen MR) is 92.2 cm³/mol. The molecule has 28 heavy (non-hydrogen) atoms. The molecule has 1 saturated carbocycles. The van der Waals surface area contributed by atoms with Crippen molar-refractivity contribution in [3.8, 4) is 11.5 Å². The number of benzene rings is 2. The van der Waals surface area contributed by atoms with E-state index in [9.17, 15) is 22.8 Å². The van der Waals surface area contributed by atoms with Gasteiger partial charge in [-0.2, -0.15) is 0 Å². The minimum atomic E-state index is -4.80. The zero-order chi connectivity index (χ0) is 20.3. The summed E-state index contributed by atoms with van der Waals surface area (Å²) < 4.78 is 46.7. The van der Waals surface area contributed by atoms with Crippen LogP contribution >= 0.6 is 0 Å². The molecular weight excluding hydrogens is 379 g/mol. The lowest BCUT2D eigenvalue weighted by atomic mass is 10.1. The number of carboxylic acids is 1. The number of hydrogen-bond donors (Lipinski definition) is 2. The highest BCUT2D eigenvalue weighted by molar-refractivity contribution is 5.95. The summed E-state index contributed by atoms with van der Waals surface area (Å²) in [5.41, 5.74) is 0.815. The molecule has 0 bridgehead atoms. The second-order valence-electron chi connectivity index (χ2n) is 6.23. The third kappa shape index (κ3) is 5.15. The summed E-state index contributed by atoms with van der Waals surface area (Å²) in [7, 11) is 0. The van der Waals surface area contributed by atoms with Crippen LogP contribution in [0.2, 0.25) is 0 Å². The van der Waals surface area contributed by atoms with Crippen LogP contribution < -0.4 is 14.8 Å². The van der Waals surface area contributed by atoms with Crippen molar-refractivity contribution in [2.45, 2.75) is 18.7 Å². The third-order valence-corrected chi connectivity index (χ3v) is 4.16. The molecule has 6 nitrogen and oxygen atoms in total. The Bertz CT molecular complexity index is 867. The van der Waals surface area contributed by atoms with E-state index in [4.69, 9.17) is 9.84 Å². The first-order valence-electron chi connectivity index (χ1n) is 8.33. The molecule has 1 aliphatic rings. The zero-order valence-electron chi connectivity index (χ0n) is 14.4. The third-order valence-electron chi connectivity index (χ3n) is 4.16. The molecule has 2 unspecified atom stereocenters. The molecule has 9 heteroatoms. The van der Waals surface area contributed by atoms with Gasteiger partial charge in [-0.3, -0.25) is 4.79 Å². The van der Waals surface area contributed by atoms with E-state index in [2.05, 4.69) is 10.1 Å². The quantitative estimate of drug-likeness (QED) is 0.745. The van der Waals surface area contributed by atoms with Gasteiger partial charge in [-0.25, -0.2) is 4.79 Å². The highest BCUT2D eigenvalue weighted by atomic mass is 19.4. The largest absolute Gasteiger partial charge is 0.573 e. The molecule has 0 aromatic heterocycles. The number of carbonyl (C=O) groups is 2. The lowest BCUT2D eigenvalue weighted by Gasteiger charge is -2.13. The van der Waals surface area contributed by atoms with E-state index in [1.165, 1.54) is 30.3 Å². The molecule has 2 N–H and O–H groups in total. The summed E-state index contributed by atoms with van der Waals surface area (Å²) in [6.07, 6.45) is -4.38. The number of alkyl halides is 3. The lowest BCUT2D eigenvalue weighted by molar-refractivity contribution is -0.274. The van der Waals surface area contributed by atoms with E-state index < -0.39 is 24.9 Å². The highest BCUT2D eigenvalue weighted by Gasteiger charge is 2.46. The first-order valence-corrected chi connectivity index (χ1v) is 8.33. The van der Waals surface area contributed by atoms with E-state index in [1.54, 1.807) is 18.2 Å². The van der Waals surface area contributed by atoms with Crippen LogP contribution in [0.25, 0.3) is 0 Å². The number of halogens is 3. The Labute approximate surface area is 157 Å². The van der Waals surface area contributed by atoms with Gasteiger partial charge < -0.3 is 19.9 Å². The summed E-state index contributed by atoms with van der Waals surface area (Å²) in [6.45, 7) is -0.477. The molecule has 2 aromatic carbocycles. The van der Waals surface area contributed by atoms with Gasteiger partial charge in [0.05, 0.1) is 0 Å². The second kappa shape index (κ2) is 7.79. The van der Waals surface area contributed by atoms with Crippen molar-refractivity contribution >= 4 is 17.6 Å². The van der Waals surface area contributed by atoms with E-state index >= 15 is 0 Å². The standard InChI is InChI=1S/C19H16F3NO5/c20-19(21,22)28-16-4-2-1-3-13(16)14-9-15(14)18(26)23-11-5-7-12(8-6-11)27-10-17(24)25/h1-8,14-15H,9-10H2,(H,23,26)(H,24,25).